The van der Waals surface area contributed by atoms with E-state index in [9.17, 15) is 0 Å². The van der Waals surface area contributed by atoms with Crippen molar-refractivity contribution in [1.29, 1.82) is 0 Å². The van der Waals surface area contributed by atoms with Gasteiger partial charge in [-0.25, -0.2) is 0 Å². The molecule has 0 bridgehead atoms. The molecule has 0 aromatic heterocycles. The summed E-state index contributed by atoms with van der Waals surface area (Å²) in [6, 6.07) is 5.20. The van der Waals surface area contributed by atoms with Crippen LogP contribution in [0.2, 0.25) is 5.02 Å². The monoisotopic (exact) mass is 169 g/mol. The Hall–Kier alpha value is -1.02. The summed E-state index contributed by atoms with van der Waals surface area (Å²) in [7, 11) is 1.58. The second kappa shape index (κ2) is 3.39. The van der Waals surface area contributed by atoms with Crippen molar-refractivity contribution < 1.29 is 4.74 Å². The predicted molar refractivity (Wildman–Crippen MR) is 47.2 cm³/mol. The van der Waals surface area contributed by atoms with Crippen LogP contribution in [0.4, 0.5) is 5.69 Å². The number of rotatable bonds is 2. The molecule has 0 saturated carbocycles. The summed E-state index contributed by atoms with van der Waals surface area (Å²) in [5.74, 6) is 0.685. The largest absolute Gasteiger partial charge is 0.494 e. The van der Waals surface area contributed by atoms with Crippen LogP contribution in [0.5, 0.6) is 5.75 Å². The van der Waals surface area contributed by atoms with Crippen molar-refractivity contribution >= 4 is 24.0 Å². The number of halogens is 1. The van der Waals surface area contributed by atoms with Crippen LogP contribution >= 0.6 is 11.6 Å². The van der Waals surface area contributed by atoms with Crippen molar-refractivity contribution in [1.82, 2.24) is 0 Å². The first-order valence-corrected chi connectivity index (χ1v) is 3.46. The molecule has 0 fully saturated rings. The predicted octanol–water partition coefficient (Wildman–Crippen LogP) is 2.68. The zero-order valence-electron chi connectivity index (χ0n) is 6.17. The van der Waals surface area contributed by atoms with Gasteiger partial charge in [-0.15, -0.1) is 0 Å². The summed E-state index contributed by atoms with van der Waals surface area (Å²) in [4.78, 5) is 3.74. The molecule has 1 rings (SSSR count). The van der Waals surface area contributed by atoms with Crippen LogP contribution in [0.15, 0.2) is 23.2 Å². The maximum absolute atomic E-state index is 5.71. The highest BCUT2D eigenvalue weighted by Crippen LogP contribution is 2.29. The first-order valence-electron chi connectivity index (χ1n) is 3.08. The van der Waals surface area contributed by atoms with Gasteiger partial charge in [0, 0.05) is 5.02 Å². The average molecular weight is 170 g/mol. The first kappa shape index (κ1) is 8.08. The normalized spacial score (nSPS) is 9.27. The van der Waals surface area contributed by atoms with E-state index in [4.69, 9.17) is 16.3 Å². The third-order valence-corrected chi connectivity index (χ3v) is 1.55. The third-order valence-electron chi connectivity index (χ3n) is 1.31. The average Bonchev–Trinajstić information content (AvgIpc) is 2.04. The fraction of sp³-hybridized carbons (Fsp3) is 0.125. The number of hydrogen-bond donors (Lipinski definition) is 0. The Kier molecular flexibility index (Phi) is 2.49. The molecule has 0 heterocycles. The quantitative estimate of drug-likeness (QED) is 0.624. The van der Waals surface area contributed by atoms with Gasteiger partial charge in [0.05, 0.1) is 7.11 Å². The molecule has 2 nitrogen and oxygen atoms in total. The topological polar surface area (TPSA) is 21.6 Å². The molecule has 0 unspecified atom stereocenters. The molecule has 11 heavy (non-hydrogen) atoms. The zero-order valence-corrected chi connectivity index (χ0v) is 6.93. The van der Waals surface area contributed by atoms with E-state index < -0.39 is 0 Å². The van der Waals surface area contributed by atoms with Crippen molar-refractivity contribution in [2.45, 2.75) is 0 Å². The van der Waals surface area contributed by atoms with Crippen molar-refractivity contribution in [2.24, 2.45) is 4.99 Å². The summed E-state index contributed by atoms with van der Waals surface area (Å²) in [5, 5.41) is 0.633. The molecule has 0 N–H and O–H groups in total. The minimum atomic E-state index is 0.633. The smallest absolute Gasteiger partial charge is 0.144 e. The molecule has 0 saturated heterocycles. The van der Waals surface area contributed by atoms with Gasteiger partial charge in [-0.3, -0.25) is 4.99 Å². The lowest BCUT2D eigenvalue weighted by Gasteiger charge is -2.02. The van der Waals surface area contributed by atoms with Crippen LogP contribution in [0, 0.1) is 0 Å². The molecule has 0 atom stereocenters. The van der Waals surface area contributed by atoms with E-state index in [1.165, 1.54) is 0 Å². The van der Waals surface area contributed by atoms with Crippen molar-refractivity contribution in [3.05, 3.63) is 23.2 Å². The van der Waals surface area contributed by atoms with Gasteiger partial charge in [0.15, 0.2) is 0 Å². The van der Waals surface area contributed by atoms with E-state index >= 15 is 0 Å². The molecule has 0 spiro atoms. The van der Waals surface area contributed by atoms with Crippen LogP contribution in [0.3, 0.4) is 0 Å². The summed E-state index contributed by atoms with van der Waals surface area (Å²) in [6.07, 6.45) is 0. The highest BCUT2D eigenvalue weighted by atomic mass is 35.5. The van der Waals surface area contributed by atoms with Crippen molar-refractivity contribution in [3.63, 3.8) is 0 Å². The molecule has 3 heteroatoms. The number of ether oxygens (including phenoxy) is 1. The highest BCUT2D eigenvalue weighted by molar-refractivity contribution is 6.30. The maximum Gasteiger partial charge on any atom is 0.144 e. The van der Waals surface area contributed by atoms with Gasteiger partial charge in [-0.1, -0.05) is 11.6 Å². The van der Waals surface area contributed by atoms with Gasteiger partial charge in [0.25, 0.3) is 0 Å². The molecular formula is C8H8ClNO. The van der Waals surface area contributed by atoms with Crippen LogP contribution in [-0.4, -0.2) is 13.8 Å². The van der Waals surface area contributed by atoms with Gasteiger partial charge < -0.3 is 4.74 Å². The summed E-state index contributed by atoms with van der Waals surface area (Å²) < 4.78 is 5.00. The summed E-state index contributed by atoms with van der Waals surface area (Å²) in [6.45, 7) is 3.39. The van der Waals surface area contributed by atoms with Crippen LogP contribution < -0.4 is 4.74 Å². The summed E-state index contributed by atoms with van der Waals surface area (Å²) in [5.41, 5.74) is 0.667. The Morgan fingerprint density at radius 3 is 2.82 bits per heavy atom. The number of methoxy groups -OCH3 is 1. The molecule has 0 aliphatic heterocycles. The number of nitrogens with zero attached hydrogens (tertiary/aromatic N) is 1. The fourth-order valence-corrected chi connectivity index (χ4v) is 0.953. The number of hydrogen-bond acceptors (Lipinski definition) is 2. The maximum atomic E-state index is 5.71. The molecular weight excluding hydrogens is 162 g/mol. The molecule has 0 amide bonds. The van der Waals surface area contributed by atoms with Gasteiger partial charge >= 0.3 is 0 Å². The standard InChI is InChI=1S/C8H8ClNO/c1-10-7-5-6(9)3-4-8(7)11-2/h3-5H,1H2,2H3. The SMILES string of the molecule is C=Nc1cc(Cl)ccc1OC. The molecule has 0 aliphatic rings. The van der Waals surface area contributed by atoms with Crippen molar-refractivity contribution in [3.8, 4) is 5.75 Å². The van der Waals surface area contributed by atoms with Crippen LogP contribution in [0.25, 0.3) is 0 Å². The van der Waals surface area contributed by atoms with Gasteiger partial charge in [0.2, 0.25) is 0 Å². The van der Waals surface area contributed by atoms with E-state index in [-0.39, 0.29) is 0 Å². The Morgan fingerprint density at radius 1 is 1.55 bits per heavy atom. The molecule has 58 valence electrons. The van der Waals surface area contributed by atoms with Gasteiger partial charge in [-0.05, 0) is 24.9 Å². The van der Waals surface area contributed by atoms with E-state index in [1.807, 2.05) is 0 Å². The Morgan fingerprint density at radius 2 is 2.27 bits per heavy atom. The Bertz CT molecular complexity index is 273. The zero-order chi connectivity index (χ0) is 8.27. The third kappa shape index (κ3) is 1.71. The second-order valence-corrected chi connectivity index (χ2v) is 2.41. The lowest BCUT2D eigenvalue weighted by molar-refractivity contribution is 0.416. The number of benzene rings is 1. The minimum absolute atomic E-state index is 0.633. The molecule has 1 aromatic carbocycles. The minimum Gasteiger partial charge on any atom is -0.494 e. The van der Waals surface area contributed by atoms with E-state index in [0.717, 1.165) is 0 Å². The van der Waals surface area contributed by atoms with Crippen molar-refractivity contribution in [2.75, 3.05) is 7.11 Å². The Labute approximate surface area is 70.5 Å². The molecule has 1 aromatic rings. The van der Waals surface area contributed by atoms with E-state index in [0.29, 0.717) is 16.5 Å². The van der Waals surface area contributed by atoms with Crippen LogP contribution in [0.1, 0.15) is 0 Å². The fourth-order valence-electron chi connectivity index (χ4n) is 0.787. The highest BCUT2D eigenvalue weighted by Gasteiger charge is 1.99. The van der Waals surface area contributed by atoms with E-state index in [1.54, 1.807) is 25.3 Å². The Balaban J connectivity index is 3.16. The molecule has 0 aliphatic carbocycles. The van der Waals surface area contributed by atoms with Gasteiger partial charge in [-0.2, -0.15) is 0 Å². The van der Waals surface area contributed by atoms with E-state index in [2.05, 4.69) is 11.7 Å². The molecule has 0 radical (unpaired) electrons. The van der Waals surface area contributed by atoms with Crippen LogP contribution in [-0.2, 0) is 0 Å². The van der Waals surface area contributed by atoms with Gasteiger partial charge in [0.1, 0.15) is 11.4 Å². The summed E-state index contributed by atoms with van der Waals surface area (Å²) >= 11 is 5.71. The lowest BCUT2D eigenvalue weighted by atomic mass is 10.3. The first-order chi connectivity index (χ1) is 5.27. The number of aliphatic imine (C=N–C) groups is 1. The lowest BCUT2D eigenvalue weighted by Crippen LogP contribution is -1.82. The second-order valence-electron chi connectivity index (χ2n) is 1.97.